The third-order valence-electron chi connectivity index (χ3n) is 4.42. The van der Waals surface area contributed by atoms with Crippen LogP contribution in [0, 0.1) is 0 Å². The van der Waals surface area contributed by atoms with Crippen LogP contribution in [0.15, 0.2) is 66.9 Å². The van der Waals surface area contributed by atoms with Gasteiger partial charge in [-0.3, -0.25) is 4.79 Å². The molecule has 1 aromatic heterocycles. The predicted molar refractivity (Wildman–Crippen MR) is 99.6 cm³/mol. The second-order valence-electron chi connectivity index (χ2n) is 6.14. The van der Waals surface area contributed by atoms with Gasteiger partial charge in [-0.15, -0.1) is 0 Å². The Labute approximate surface area is 156 Å². The molecule has 1 fully saturated rings. The Morgan fingerprint density at radius 3 is 2.62 bits per heavy atom. The fraction of sp³-hybridized carbons (Fsp3) is 0.200. The van der Waals surface area contributed by atoms with Gasteiger partial charge in [0, 0.05) is 17.8 Å². The first kappa shape index (κ1) is 16.8. The molecular formula is C20H18ClN3O2. The summed E-state index contributed by atoms with van der Waals surface area (Å²) in [5.41, 5.74) is 2.37. The molecule has 0 saturated carbocycles. The lowest BCUT2D eigenvalue weighted by molar-refractivity contribution is -0.0230. The molecule has 1 atom stereocenters. The molecule has 132 valence electrons. The molecule has 1 aliphatic rings. The molecule has 1 saturated heterocycles. The third kappa shape index (κ3) is 3.49. The molecule has 6 heteroatoms. The number of aromatic nitrogens is 2. The molecule has 0 aliphatic carbocycles. The van der Waals surface area contributed by atoms with Crippen molar-refractivity contribution in [3.63, 3.8) is 0 Å². The summed E-state index contributed by atoms with van der Waals surface area (Å²) >= 11 is 5.95. The number of ether oxygens (including phenoxy) is 1. The smallest absolute Gasteiger partial charge is 0.274 e. The van der Waals surface area contributed by atoms with Crippen LogP contribution < -0.4 is 0 Å². The first-order chi connectivity index (χ1) is 12.7. The summed E-state index contributed by atoms with van der Waals surface area (Å²) in [5, 5.41) is 5.12. The number of amides is 1. The first-order valence-corrected chi connectivity index (χ1v) is 8.86. The molecule has 2 aromatic carbocycles. The molecular weight excluding hydrogens is 350 g/mol. The summed E-state index contributed by atoms with van der Waals surface area (Å²) in [5.74, 6) is -0.0815. The number of nitrogens with zero attached hydrogens (tertiary/aromatic N) is 3. The van der Waals surface area contributed by atoms with Crippen molar-refractivity contribution in [2.75, 3.05) is 19.7 Å². The second-order valence-corrected chi connectivity index (χ2v) is 6.58. The van der Waals surface area contributed by atoms with Crippen LogP contribution in [0.3, 0.4) is 0 Å². The van der Waals surface area contributed by atoms with Crippen LogP contribution in [0.4, 0.5) is 0 Å². The molecule has 0 radical (unpaired) electrons. The number of rotatable bonds is 3. The van der Waals surface area contributed by atoms with Crippen LogP contribution in [-0.4, -0.2) is 40.3 Å². The molecule has 2 heterocycles. The number of carbonyl (C=O) groups excluding carboxylic acids is 1. The highest BCUT2D eigenvalue weighted by molar-refractivity contribution is 6.30. The van der Waals surface area contributed by atoms with Gasteiger partial charge < -0.3 is 9.64 Å². The van der Waals surface area contributed by atoms with Gasteiger partial charge in [-0.1, -0.05) is 41.9 Å². The van der Waals surface area contributed by atoms with E-state index in [-0.39, 0.29) is 12.0 Å². The van der Waals surface area contributed by atoms with Crippen LogP contribution in [-0.2, 0) is 4.74 Å². The molecule has 1 unspecified atom stereocenters. The maximum absolute atomic E-state index is 12.8. The highest BCUT2D eigenvalue weighted by Crippen LogP contribution is 2.24. The normalized spacial score (nSPS) is 17.3. The maximum atomic E-state index is 12.8. The van der Waals surface area contributed by atoms with Crippen molar-refractivity contribution in [1.29, 1.82) is 0 Å². The van der Waals surface area contributed by atoms with Crippen LogP contribution in [0.2, 0.25) is 5.02 Å². The van der Waals surface area contributed by atoms with E-state index in [1.165, 1.54) is 0 Å². The van der Waals surface area contributed by atoms with E-state index in [0.717, 1.165) is 11.3 Å². The van der Waals surface area contributed by atoms with Gasteiger partial charge >= 0.3 is 0 Å². The summed E-state index contributed by atoms with van der Waals surface area (Å²) in [4.78, 5) is 14.6. The standard InChI is InChI=1S/C20H18ClN3O2/c21-16-8-6-15(7-9-16)19-14-23(12-13-26-19)20(25)18-10-11-24(22-18)17-4-2-1-3-5-17/h1-11,19H,12-14H2. The third-order valence-corrected chi connectivity index (χ3v) is 4.68. The van der Waals surface area contributed by atoms with Crippen molar-refractivity contribution < 1.29 is 9.53 Å². The maximum Gasteiger partial charge on any atom is 0.274 e. The number of hydrogen-bond acceptors (Lipinski definition) is 3. The number of benzene rings is 2. The van der Waals surface area contributed by atoms with Gasteiger partial charge in [-0.25, -0.2) is 4.68 Å². The summed E-state index contributed by atoms with van der Waals surface area (Å²) in [6.45, 7) is 1.55. The SMILES string of the molecule is O=C(c1ccn(-c2ccccc2)n1)N1CCOC(c2ccc(Cl)cc2)C1. The lowest BCUT2D eigenvalue weighted by Gasteiger charge is -2.32. The fourth-order valence-corrected chi connectivity index (χ4v) is 3.16. The summed E-state index contributed by atoms with van der Waals surface area (Å²) in [6, 6.07) is 19.0. The quantitative estimate of drug-likeness (QED) is 0.708. The Kier molecular flexibility index (Phi) is 4.73. The van der Waals surface area contributed by atoms with Gasteiger partial charge in [0.2, 0.25) is 0 Å². The van der Waals surface area contributed by atoms with E-state index in [1.54, 1.807) is 21.8 Å². The Balaban J connectivity index is 1.49. The largest absolute Gasteiger partial charge is 0.370 e. The predicted octanol–water partition coefficient (Wildman–Crippen LogP) is 3.74. The minimum atomic E-state index is -0.152. The number of halogens is 1. The average molecular weight is 368 g/mol. The monoisotopic (exact) mass is 367 g/mol. The lowest BCUT2D eigenvalue weighted by atomic mass is 10.1. The van der Waals surface area contributed by atoms with Crippen LogP contribution in [0.1, 0.15) is 22.2 Å². The zero-order chi connectivity index (χ0) is 17.9. The topological polar surface area (TPSA) is 47.4 Å². The van der Waals surface area contributed by atoms with Crippen molar-refractivity contribution in [3.8, 4) is 5.69 Å². The van der Waals surface area contributed by atoms with Crippen molar-refractivity contribution in [2.45, 2.75) is 6.10 Å². The number of morpholine rings is 1. The van der Waals surface area contributed by atoms with Crippen LogP contribution >= 0.6 is 11.6 Å². The van der Waals surface area contributed by atoms with Gasteiger partial charge in [-0.05, 0) is 35.9 Å². The minimum Gasteiger partial charge on any atom is -0.370 e. The highest BCUT2D eigenvalue weighted by atomic mass is 35.5. The molecule has 0 N–H and O–H groups in total. The van der Waals surface area contributed by atoms with Gasteiger partial charge in [0.1, 0.15) is 6.10 Å². The van der Waals surface area contributed by atoms with Gasteiger partial charge in [0.25, 0.3) is 5.91 Å². The Morgan fingerprint density at radius 1 is 1.08 bits per heavy atom. The molecule has 0 bridgehead atoms. The van der Waals surface area contributed by atoms with Crippen molar-refractivity contribution in [3.05, 3.63) is 83.1 Å². The van der Waals surface area contributed by atoms with Crippen molar-refractivity contribution in [1.82, 2.24) is 14.7 Å². The van der Waals surface area contributed by atoms with Crippen molar-refractivity contribution >= 4 is 17.5 Å². The summed E-state index contributed by atoms with van der Waals surface area (Å²) < 4.78 is 7.54. The molecule has 5 nitrogen and oxygen atoms in total. The average Bonchev–Trinajstić information content (AvgIpc) is 3.19. The first-order valence-electron chi connectivity index (χ1n) is 8.48. The highest BCUT2D eigenvalue weighted by Gasteiger charge is 2.27. The fourth-order valence-electron chi connectivity index (χ4n) is 3.04. The van der Waals surface area contributed by atoms with E-state index < -0.39 is 0 Å². The van der Waals surface area contributed by atoms with E-state index in [9.17, 15) is 4.79 Å². The number of carbonyl (C=O) groups is 1. The zero-order valence-corrected chi connectivity index (χ0v) is 14.8. The lowest BCUT2D eigenvalue weighted by Crippen LogP contribution is -2.42. The molecule has 26 heavy (non-hydrogen) atoms. The van der Waals surface area contributed by atoms with Crippen LogP contribution in [0.5, 0.6) is 0 Å². The van der Waals surface area contributed by atoms with Crippen LogP contribution in [0.25, 0.3) is 5.69 Å². The Hall–Kier alpha value is -2.63. The van der Waals surface area contributed by atoms with E-state index >= 15 is 0 Å². The van der Waals surface area contributed by atoms with E-state index in [1.807, 2.05) is 54.6 Å². The van der Waals surface area contributed by atoms with E-state index in [0.29, 0.717) is 30.4 Å². The molecule has 0 spiro atoms. The van der Waals surface area contributed by atoms with E-state index in [2.05, 4.69) is 5.10 Å². The summed E-state index contributed by atoms with van der Waals surface area (Å²) in [7, 11) is 0. The van der Waals surface area contributed by atoms with Crippen molar-refractivity contribution in [2.24, 2.45) is 0 Å². The minimum absolute atomic E-state index is 0.0815. The van der Waals surface area contributed by atoms with Gasteiger partial charge in [0.05, 0.1) is 18.8 Å². The van der Waals surface area contributed by atoms with Gasteiger partial charge in [0.15, 0.2) is 5.69 Å². The molecule has 1 amide bonds. The summed E-state index contributed by atoms with van der Waals surface area (Å²) in [6.07, 6.45) is 1.65. The number of hydrogen-bond donors (Lipinski definition) is 0. The zero-order valence-electron chi connectivity index (χ0n) is 14.1. The second kappa shape index (κ2) is 7.32. The molecule has 1 aliphatic heterocycles. The van der Waals surface area contributed by atoms with Gasteiger partial charge in [-0.2, -0.15) is 5.10 Å². The molecule has 3 aromatic rings. The van der Waals surface area contributed by atoms with E-state index in [4.69, 9.17) is 16.3 Å². The Bertz CT molecular complexity index is 893. The molecule has 4 rings (SSSR count). The Morgan fingerprint density at radius 2 is 1.85 bits per heavy atom. The number of para-hydroxylation sites is 1.